The van der Waals surface area contributed by atoms with Crippen LogP contribution in [-0.4, -0.2) is 13.2 Å². The third kappa shape index (κ3) is 2.26. The number of ether oxygens (including phenoxy) is 1. The molecule has 2 N–H and O–H groups in total. The van der Waals surface area contributed by atoms with Gasteiger partial charge in [-0.25, -0.2) is 0 Å². The maximum Gasteiger partial charge on any atom is 0.134 e. The topological polar surface area (TPSA) is 48.4 Å². The van der Waals surface area contributed by atoms with Gasteiger partial charge in [0, 0.05) is 17.6 Å². The van der Waals surface area contributed by atoms with Crippen molar-refractivity contribution < 1.29 is 9.15 Å². The Morgan fingerprint density at radius 3 is 3.00 bits per heavy atom. The molecular formula is C13H17NO2. The number of hydrogen-bond donors (Lipinski definition) is 1. The van der Waals surface area contributed by atoms with Crippen molar-refractivity contribution in [2.24, 2.45) is 5.73 Å². The van der Waals surface area contributed by atoms with Gasteiger partial charge in [-0.05, 0) is 12.5 Å². The van der Waals surface area contributed by atoms with Crippen molar-refractivity contribution in [3.63, 3.8) is 0 Å². The van der Waals surface area contributed by atoms with E-state index in [1.165, 1.54) is 0 Å². The molecular weight excluding hydrogens is 202 g/mol. The Bertz CT molecular complexity index is 450. The van der Waals surface area contributed by atoms with Crippen LogP contribution in [0.3, 0.4) is 0 Å². The van der Waals surface area contributed by atoms with E-state index < -0.39 is 0 Å². The van der Waals surface area contributed by atoms with E-state index in [0.717, 1.165) is 29.6 Å². The summed E-state index contributed by atoms with van der Waals surface area (Å²) in [6.07, 6.45) is 2.74. The van der Waals surface area contributed by atoms with E-state index in [1.54, 1.807) is 6.26 Å². The van der Waals surface area contributed by atoms with Gasteiger partial charge in [0.25, 0.3) is 0 Å². The molecule has 1 aromatic heterocycles. The van der Waals surface area contributed by atoms with E-state index in [4.69, 9.17) is 14.9 Å². The second-order valence-corrected chi connectivity index (χ2v) is 3.87. The predicted octanol–water partition coefficient (Wildman–Crippen LogP) is 2.86. The zero-order valence-electron chi connectivity index (χ0n) is 9.48. The van der Waals surface area contributed by atoms with Gasteiger partial charge in [0.2, 0.25) is 0 Å². The fourth-order valence-corrected chi connectivity index (χ4v) is 1.73. The fourth-order valence-electron chi connectivity index (χ4n) is 1.73. The molecule has 2 aromatic rings. The molecule has 2 rings (SSSR count). The van der Waals surface area contributed by atoms with Gasteiger partial charge in [-0.2, -0.15) is 0 Å². The molecule has 0 aliphatic rings. The summed E-state index contributed by atoms with van der Waals surface area (Å²) in [5, 5.41) is 1.08. The molecule has 3 nitrogen and oxygen atoms in total. The van der Waals surface area contributed by atoms with E-state index in [2.05, 4.69) is 6.92 Å². The minimum atomic E-state index is -0.116. The predicted molar refractivity (Wildman–Crippen MR) is 64.3 cm³/mol. The molecule has 86 valence electrons. The lowest BCUT2D eigenvalue weighted by Gasteiger charge is -2.10. The lowest BCUT2D eigenvalue weighted by Crippen LogP contribution is -2.17. The monoisotopic (exact) mass is 219 g/mol. The summed E-state index contributed by atoms with van der Waals surface area (Å²) < 4.78 is 10.9. The van der Waals surface area contributed by atoms with Crippen LogP contribution in [0.2, 0.25) is 0 Å². The number of rotatable bonds is 5. The third-order valence-electron chi connectivity index (χ3n) is 2.56. The Balaban J connectivity index is 2.13. The molecule has 0 saturated carbocycles. The van der Waals surface area contributed by atoms with Gasteiger partial charge in [0.1, 0.15) is 5.58 Å². The number of nitrogens with two attached hydrogens (primary N) is 1. The first kappa shape index (κ1) is 11.2. The SMILES string of the molecule is CCCOCC(N)c1coc2ccccc12. The Labute approximate surface area is 95.2 Å². The van der Waals surface area contributed by atoms with E-state index in [-0.39, 0.29) is 6.04 Å². The Morgan fingerprint density at radius 2 is 2.19 bits per heavy atom. The van der Waals surface area contributed by atoms with Crippen LogP contribution in [0, 0.1) is 0 Å². The molecule has 0 radical (unpaired) electrons. The highest BCUT2D eigenvalue weighted by Gasteiger charge is 2.12. The highest BCUT2D eigenvalue weighted by molar-refractivity contribution is 5.81. The molecule has 0 bridgehead atoms. The summed E-state index contributed by atoms with van der Waals surface area (Å²) in [6.45, 7) is 3.37. The van der Waals surface area contributed by atoms with Gasteiger partial charge < -0.3 is 14.9 Å². The smallest absolute Gasteiger partial charge is 0.134 e. The third-order valence-corrected chi connectivity index (χ3v) is 2.56. The molecule has 1 atom stereocenters. The van der Waals surface area contributed by atoms with Crippen LogP contribution < -0.4 is 5.73 Å². The first-order valence-corrected chi connectivity index (χ1v) is 5.62. The number of fused-ring (bicyclic) bond motifs is 1. The largest absolute Gasteiger partial charge is 0.464 e. The van der Waals surface area contributed by atoms with Gasteiger partial charge in [-0.3, -0.25) is 0 Å². The van der Waals surface area contributed by atoms with Crippen molar-refractivity contribution in [2.45, 2.75) is 19.4 Å². The minimum absolute atomic E-state index is 0.116. The van der Waals surface area contributed by atoms with Gasteiger partial charge in [0.05, 0.1) is 18.9 Å². The molecule has 0 fully saturated rings. The zero-order valence-corrected chi connectivity index (χ0v) is 9.48. The van der Waals surface area contributed by atoms with Crippen LogP contribution in [0.1, 0.15) is 24.9 Å². The standard InChI is InChI=1S/C13H17NO2/c1-2-7-15-9-12(14)11-8-16-13-6-4-3-5-10(11)13/h3-6,8,12H,2,7,9,14H2,1H3. The van der Waals surface area contributed by atoms with Crippen LogP contribution in [0.4, 0.5) is 0 Å². The van der Waals surface area contributed by atoms with Gasteiger partial charge in [0.15, 0.2) is 0 Å². The summed E-state index contributed by atoms with van der Waals surface area (Å²) >= 11 is 0. The lowest BCUT2D eigenvalue weighted by atomic mass is 10.1. The second kappa shape index (κ2) is 5.14. The average Bonchev–Trinajstić information content (AvgIpc) is 2.73. The Morgan fingerprint density at radius 1 is 1.38 bits per heavy atom. The van der Waals surface area contributed by atoms with Gasteiger partial charge in [-0.15, -0.1) is 0 Å². The quantitative estimate of drug-likeness (QED) is 0.786. The van der Waals surface area contributed by atoms with Crippen LogP contribution in [0.25, 0.3) is 11.0 Å². The Hall–Kier alpha value is -1.32. The molecule has 0 aliphatic carbocycles. The highest BCUT2D eigenvalue weighted by atomic mass is 16.5. The van der Waals surface area contributed by atoms with Crippen molar-refractivity contribution in [3.05, 3.63) is 36.1 Å². The Kier molecular flexibility index (Phi) is 3.59. The van der Waals surface area contributed by atoms with Crippen LogP contribution in [0.5, 0.6) is 0 Å². The molecule has 0 aliphatic heterocycles. The number of furan rings is 1. The minimum Gasteiger partial charge on any atom is -0.464 e. The number of benzene rings is 1. The summed E-state index contributed by atoms with van der Waals surface area (Å²) in [5.74, 6) is 0. The molecule has 0 saturated heterocycles. The summed E-state index contributed by atoms with van der Waals surface area (Å²) in [5.41, 5.74) is 7.96. The van der Waals surface area contributed by atoms with Crippen molar-refractivity contribution in [1.82, 2.24) is 0 Å². The average molecular weight is 219 g/mol. The molecule has 1 unspecified atom stereocenters. The summed E-state index contributed by atoms with van der Waals surface area (Å²) in [6, 6.07) is 7.79. The van der Waals surface area contributed by atoms with Crippen molar-refractivity contribution in [1.29, 1.82) is 0 Å². The van der Waals surface area contributed by atoms with E-state index in [1.807, 2.05) is 24.3 Å². The normalized spacial score (nSPS) is 13.1. The summed E-state index contributed by atoms with van der Waals surface area (Å²) in [7, 11) is 0. The van der Waals surface area contributed by atoms with Crippen molar-refractivity contribution in [3.8, 4) is 0 Å². The molecule has 3 heteroatoms. The first-order chi connectivity index (χ1) is 7.83. The molecule has 1 heterocycles. The van der Waals surface area contributed by atoms with Crippen molar-refractivity contribution in [2.75, 3.05) is 13.2 Å². The molecule has 1 aromatic carbocycles. The maximum absolute atomic E-state index is 6.06. The zero-order chi connectivity index (χ0) is 11.4. The van der Waals surface area contributed by atoms with E-state index in [0.29, 0.717) is 6.61 Å². The first-order valence-electron chi connectivity index (χ1n) is 5.62. The molecule has 0 amide bonds. The van der Waals surface area contributed by atoms with Gasteiger partial charge in [-0.1, -0.05) is 25.1 Å². The summed E-state index contributed by atoms with van der Waals surface area (Å²) in [4.78, 5) is 0. The van der Waals surface area contributed by atoms with E-state index >= 15 is 0 Å². The van der Waals surface area contributed by atoms with E-state index in [9.17, 15) is 0 Å². The number of para-hydroxylation sites is 1. The molecule has 0 spiro atoms. The van der Waals surface area contributed by atoms with Crippen LogP contribution in [-0.2, 0) is 4.74 Å². The fraction of sp³-hybridized carbons (Fsp3) is 0.385. The van der Waals surface area contributed by atoms with Crippen molar-refractivity contribution >= 4 is 11.0 Å². The second-order valence-electron chi connectivity index (χ2n) is 3.87. The highest BCUT2D eigenvalue weighted by Crippen LogP contribution is 2.25. The molecule has 16 heavy (non-hydrogen) atoms. The maximum atomic E-state index is 6.06. The van der Waals surface area contributed by atoms with Crippen LogP contribution >= 0.6 is 0 Å². The van der Waals surface area contributed by atoms with Crippen LogP contribution in [0.15, 0.2) is 34.9 Å². The number of hydrogen-bond acceptors (Lipinski definition) is 3. The lowest BCUT2D eigenvalue weighted by molar-refractivity contribution is 0.121. The van der Waals surface area contributed by atoms with Gasteiger partial charge >= 0.3 is 0 Å².